The fourth-order valence-electron chi connectivity index (χ4n) is 7.02. The molecule has 3 aliphatic carbocycles. The predicted octanol–water partition coefficient (Wildman–Crippen LogP) is 7.99. The maximum absolute atomic E-state index is 9.50. The lowest BCUT2D eigenvalue weighted by molar-refractivity contribution is -0.660. The topological polar surface area (TPSA) is 3.88 Å². The van der Waals surface area contributed by atoms with E-state index in [1.165, 1.54) is 55.6 Å². The van der Waals surface area contributed by atoms with Crippen LogP contribution in [0.3, 0.4) is 0 Å². The molecule has 0 amide bonds. The van der Waals surface area contributed by atoms with Gasteiger partial charge in [0.05, 0.1) is 5.56 Å². The Hall–Kier alpha value is -3.19. The highest BCUT2D eigenvalue weighted by atomic mass is 14.9. The van der Waals surface area contributed by atoms with Gasteiger partial charge in [-0.1, -0.05) is 67.8 Å². The van der Waals surface area contributed by atoms with Gasteiger partial charge in [-0.2, -0.15) is 0 Å². The van der Waals surface area contributed by atoms with Crippen LogP contribution in [0.15, 0.2) is 60.8 Å². The first-order valence-corrected chi connectivity index (χ1v) is 13.1. The number of pyridine rings is 1. The third-order valence-electron chi connectivity index (χ3n) is 8.64. The summed E-state index contributed by atoms with van der Waals surface area (Å²) in [6.45, 7) is -0.0243. The molecule has 1 heteroatoms. The SMILES string of the molecule is [2H]C([2H])([2H])c1c[n+](C)c(-c2c(C)c3c(c4c2-c2ccccc2C4)Cc2ccccc2-3)cc1C1([2H])CCCCC1. The standard InChI is InChI=1S/C34H34N/c1-21-20-35(3)31(19-28(21)23-11-5-4-6-12-23)33-22(2)32-26-15-9-7-13-24(26)17-29(32)30-18-25-14-8-10-16-27(25)34(30)33/h7-10,13-16,19-20,23H,4-6,11-12,17-18H2,1-3H3/q+1/i1D3,23D. The van der Waals surface area contributed by atoms with Crippen molar-refractivity contribution in [2.45, 2.75) is 64.6 Å². The lowest BCUT2D eigenvalue weighted by Gasteiger charge is -2.24. The van der Waals surface area contributed by atoms with E-state index in [0.717, 1.165) is 37.8 Å². The van der Waals surface area contributed by atoms with Crippen LogP contribution in [0.5, 0.6) is 0 Å². The van der Waals surface area contributed by atoms with Crippen LogP contribution >= 0.6 is 0 Å². The van der Waals surface area contributed by atoms with E-state index in [4.69, 9.17) is 4.11 Å². The molecule has 1 fully saturated rings. The van der Waals surface area contributed by atoms with Crippen LogP contribution in [-0.4, -0.2) is 0 Å². The molecule has 0 spiro atoms. The van der Waals surface area contributed by atoms with Gasteiger partial charge in [-0.3, -0.25) is 0 Å². The average Bonchev–Trinajstić information content (AvgIpc) is 3.49. The minimum Gasteiger partial charge on any atom is -0.201 e. The highest BCUT2D eigenvalue weighted by molar-refractivity contribution is 5.98. The summed E-state index contributed by atoms with van der Waals surface area (Å²) in [6.07, 6.45) is 8.15. The molecule has 0 N–H and O–H groups in total. The number of benzene rings is 3. The zero-order chi connectivity index (χ0) is 27.1. The van der Waals surface area contributed by atoms with E-state index in [1.807, 2.05) is 11.6 Å². The number of aryl methyl sites for hydroxylation is 2. The molecule has 3 aliphatic rings. The summed E-state index contributed by atoms with van der Waals surface area (Å²) >= 11 is 0. The van der Waals surface area contributed by atoms with Crippen molar-refractivity contribution < 1.29 is 10.1 Å². The zero-order valence-electron chi connectivity index (χ0n) is 24.7. The molecule has 0 radical (unpaired) electrons. The summed E-state index contributed by atoms with van der Waals surface area (Å²) in [5.74, 6) is -0.872. The van der Waals surface area contributed by atoms with Gasteiger partial charge in [-0.05, 0) is 101 Å². The monoisotopic (exact) mass is 460 g/mol. The van der Waals surface area contributed by atoms with Crippen LogP contribution in [-0.2, 0) is 19.9 Å². The Morgan fingerprint density at radius 2 is 1.46 bits per heavy atom. The molecule has 4 aromatic rings. The number of fused-ring (bicyclic) bond motifs is 7. The molecule has 1 nitrogen and oxygen atoms in total. The maximum atomic E-state index is 9.50. The van der Waals surface area contributed by atoms with Crippen molar-refractivity contribution in [3.05, 3.63) is 99.7 Å². The Morgan fingerprint density at radius 1 is 0.829 bits per heavy atom. The molecule has 1 saturated carbocycles. The van der Waals surface area contributed by atoms with Gasteiger partial charge in [-0.25, -0.2) is 4.57 Å². The van der Waals surface area contributed by atoms with Crippen LogP contribution in [0.2, 0.25) is 0 Å². The predicted molar refractivity (Wildman–Crippen MR) is 145 cm³/mol. The van der Waals surface area contributed by atoms with Crippen molar-refractivity contribution in [3.63, 3.8) is 0 Å². The van der Waals surface area contributed by atoms with Crippen LogP contribution in [0.4, 0.5) is 0 Å². The van der Waals surface area contributed by atoms with E-state index in [1.54, 1.807) is 6.20 Å². The van der Waals surface area contributed by atoms with Gasteiger partial charge in [0.2, 0.25) is 5.69 Å². The summed E-state index contributed by atoms with van der Waals surface area (Å²) in [4.78, 5) is 0. The molecule has 35 heavy (non-hydrogen) atoms. The Bertz CT molecular complexity index is 1660. The van der Waals surface area contributed by atoms with Crippen LogP contribution in [0, 0.1) is 13.8 Å². The average molecular weight is 461 g/mol. The molecule has 0 saturated heterocycles. The minimum absolute atomic E-state index is 0.326. The van der Waals surface area contributed by atoms with Gasteiger partial charge in [0.1, 0.15) is 7.05 Å². The van der Waals surface area contributed by atoms with Gasteiger partial charge in [-0.15, -0.1) is 0 Å². The Morgan fingerprint density at radius 3 is 2.14 bits per heavy atom. The van der Waals surface area contributed by atoms with E-state index in [-0.39, 0.29) is 0 Å². The quantitative estimate of drug-likeness (QED) is 0.231. The van der Waals surface area contributed by atoms with Gasteiger partial charge in [0.25, 0.3) is 0 Å². The van der Waals surface area contributed by atoms with Gasteiger partial charge in [0.15, 0.2) is 6.20 Å². The van der Waals surface area contributed by atoms with Crippen molar-refractivity contribution in [2.24, 2.45) is 7.05 Å². The third kappa shape index (κ3) is 3.10. The zero-order valence-corrected chi connectivity index (χ0v) is 20.7. The number of rotatable bonds is 2. The fourth-order valence-corrected chi connectivity index (χ4v) is 7.02. The summed E-state index contributed by atoms with van der Waals surface area (Å²) < 4.78 is 36.6. The number of nitrogens with zero attached hydrogens (tertiary/aromatic N) is 1. The Balaban J connectivity index is 1.57. The fraction of sp³-hybridized carbons (Fsp3) is 0.324. The summed E-state index contributed by atoms with van der Waals surface area (Å²) in [6, 6.07) is 19.6. The third-order valence-corrected chi connectivity index (χ3v) is 8.64. The molecular formula is C34H34N+. The second kappa shape index (κ2) is 7.92. The van der Waals surface area contributed by atoms with Crippen molar-refractivity contribution >= 4 is 0 Å². The molecule has 0 aliphatic heterocycles. The Labute approximate surface area is 215 Å². The van der Waals surface area contributed by atoms with E-state index in [9.17, 15) is 1.37 Å². The molecule has 1 aromatic heterocycles. The van der Waals surface area contributed by atoms with Crippen molar-refractivity contribution in [3.8, 4) is 33.5 Å². The minimum atomic E-state index is -2.27. The van der Waals surface area contributed by atoms with Crippen LogP contribution in [0.25, 0.3) is 33.5 Å². The van der Waals surface area contributed by atoms with E-state index in [2.05, 4.69) is 61.5 Å². The largest absolute Gasteiger partial charge is 0.213 e. The normalized spacial score (nSPS) is 19.0. The van der Waals surface area contributed by atoms with Crippen molar-refractivity contribution in [1.29, 1.82) is 0 Å². The second-order valence-electron chi connectivity index (χ2n) is 10.6. The van der Waals surface area contributed by atoms with E-state index in [0.29, 0.717) is 24.0 Å². The first-order chi connectivity index (χ1) is 18.7. The summed E-state index contributed by atoms with van der Waals surface area (Å²) in [5, 5.41) is 0. The molecular weight excluding hydrogens is 422 g/mol. The number of aromatic nitrogens is 1. The smallest absolute Gasteiger partial charge is 0.201 e. The first-order valence-electron chi connectivity index (χ1n) is 15.1. The lowest BCUT2D eigenvalue weighted by atomic mass is 9.81. The molecule has 0 atom stereocenters. The summed E-state index contributed by atoms with van der Waals surface area (Å²) in [5.41, 5.74) is 15.3. The van der Waals surface area contributed by atoms with Gasteiger partial charge in [0, 0.05) is 17.1 Å². The molecule has 0 bridgehead atoms. The Kier molecular flexibility index (Phi) is 3.91. The first kappa shape index (κ1) is 17.3. The van der Waals surface area contributed by atoms with E-state index >= 15 is 0 Å². The van der Waals surface area contributed by atoms with Crippen LogP contribution in [0.1, 0.15) is 82.4 Å². The highest BCUT2D eigenvalue weighted by Crippen LogP contribution is 2.53. The molecule has 3 aromatic carbocycles. The summed E-state index contributed by atoms with van der Waals surface area (Å²) in [7, 11) is 1.97. The van der Waals surface area contributed by atoms with Crippen molar-refractivity contribution in [1.82, 2.24) is 0 Å². The van der Waals surface area contributed by atoms with Gasteiger partial charge >= 0.3 is 0 Å². The van der Waals surface area contributed by atoms with Gasteiger partial charge < -0.3 is 0 Å². The molecule has 0 unspecified atom stereocenters. The van der Waals surface area contributed by atoms with E-state index < -0.39 is 12.7 Å². The molecule has 1 heterocycles. The van der Waals surface area contributed by atoms with Crippen molar-refractivity contribution in [2.75, 3.05) is 0 Å². The number of hydrogen-bond acceptors (Lipinski definition) is 0. The molecule has 174 valence electrons. The van der Waals surface area contributed by atoms with Crippen LogP contribution < -0.4 is 4.57 Å². The highest BCUT2D eigenvalue weighted by Gasteiger charge is 2.35. The second-order valence-corrected chi connectivity index (χ2v) is 10.6. The maximum Gasteiger partial charge on any atom is 0.213 e. The molecule has 7 rings (SSSR count). The number of hydrogen-bond donors (Lipinski definition) is 0. The lowest BCUT2D eigenvalue weighted by Crippen LogP contribution is -2.32.